The number of aryl methyl sites for hydroxylation is 2. The summed E-state index contributed by atoms with van der Waals surface area (Å²) in [5.74, 6) is 0. The molecule has 5 heteroatoms. The van der Waals surface area contributed by atoms with Crippen molar-refractivity contribution in [2.24, 2.45) is 0 Å². The zero-order valence-electron chi connectivity index (χ0n) is 22.7. The summed E-state index contributed by atoms with van der Waals surface area (Å²) < 4.78 is 35.5. The number of unbranched alkanes of at least 4 members (excludes halogenated alkanes) is 14. The molecule has 0 aliphatic heterocycles. The minimum Gasteiger partial charge on any atom is -0.744 e. The Morgan fingerprint density at radius 3 is 1.60 bits per heavy atom. The van der Waals surface area contributed by atoms with Gasteiger partial charge >= 0.3 is 29.6 Å². The van der Waals surface area contributed by atoms with E-state index in [2.05, 4.69) is 19.9 Å². The SMILES string of the molecule is CCCCCCCCCCc1ccc2c(S(=O)(=O)[O-])cccc2c1CCCCCCCCCC.[Na+]. The molecule has 35 heavy (non-hydrogen) atoms. The van der Waals surface area contributed by atoms with Gasteiger partial charge in [0.05, 0.1) is 4.90 Å². The van der Waals surface area contributed by atoms with Crippen LogP contribution in [0.25, 0.3) is 10.8 Å². The van der Waals surface area contributed by atoms with Gasteiger partial charge < -0.3 is 4.55 Å². The van der Waals surface area contributed by atoms with Gasteiger partial charge in [0.1, 0.15) is 10.1 Å². The molecule has 0 aromatic heterocycles. The average molecular weight is 511 g/mol. The number of fused-ring (bicyclic) bond motifs is 1. The fourth-order valence-corrected chi connectivity index (χ4v) is 5.76. The third-order valence-corrected chi connectivity index (χ3v) is 7.97. The van der Waals surface area contributed by atoms with Crippen molar-refractivity contribution in [2.75, 3.05) is 0 Å². The third kappa shape index (κ3) is 12.1. The van der Waals surface area contributed by atoms with Crippen molar-refractivity contribution >= 4 is 20.9 Å². The second-order valence-electron chi connectivity index (χ2n) is 9.96. The van der Waals surface area contributed by atoms with E-state index in [1.54, 1.807) is 6.07 Å². The largest absolute Gasteiger partial charge is 1.00 e. The topological polar surface area (TPSA) is 57.2 Å². The zero-order chi connectivity index (χ0) is 24.7. The van der Waals surface area contributed by atoms with Crippen LogP contribution in [0.4, 0.5) is 0 Å². The van der Waals surface area contributed by atoms with Crippen LogP contribution in [0.1, 0.15) is 128 Å². The van der Waals surface area contributed by atoms with E-state index in [-0.39, 0.29) is 34.5 Å². The average Bonchev–Trinajstić information content (AvgIpc) is 2.82. The van der Waals surface area contributed by atoms with Gasteiger partial charge in [0.25, 0.3) is 0 Å². The van der Waals surface area contributed by atoms with Gasteiger partial charge in [0.15, 0.2) is 0 Å². The summed E-state index contributed by atoms with van der Waals surface area (Å²) in [6, 6.07) is 9.12. The first-order chi connectivity index (χ1) is 16.5. The van der Waals surface area contributed by atoms with Crippen LogP contribution < -0.4 is 29.6 Å². The van der Waals surface area contributed by atoms with Gasteiger partial charge in [0.2, 0.25) is 0 Å². The summed E-state index contributed by atoms with van der Waals surface area (Å²) in [6.07, 6.45) is 22.6. The van der Waals surface area contributed by atoms with E-state index in [0.29, 0.717) is 5.39 Å². The van der Waals surface area contributed by atoms with E-state index < -0.39 is 10.1 Å². The number of rotatable bonds is 19. The molecule has 0 radical (unpaired) electrons. The molecular weight excluding hydrogens is 463 g/mol. The van der Waals surface area contributed by atoms with E-state index in [1.165, 1.54) is 114 Å². The van der Waals surface area contributed by atoms with Crippen molar-refractivity contribution in [1.29, 1.82) is 0 Å². The molecule has 0 aliphatic rings. The fraction of sp³-hybridized carbons (Fsp3) is 0.667. The van der Waals surface area contributed by atoms with E-state index >= 15 is 0 Å². The number of benzene rings is 2. The molecule has 0 aliphatic carbocycles. The quantitative estimate of drug-likeness (QED) is 0.130. The molecule has 0 bridgehead atoms. The molecule has 0 saturated heterocycles. The Morgan fingerprint density at radius 1 is 0.600 bits per heavy atom. The van der Waals surface area contributed by atoms with E-state index in [9.17, 15) is 13.0 Å². The van der Waals surface area contributed by atoms with Crippen molar-refractivity contribution < 1.29 is 42.5 Å². The van der Waals surface area contributed by atoms with Crippen LogP contribution in [-0.2, 0) is 23.0 Å². The van der Waals surface area contributed by atoms with Crippen molar-refractivity contribution in [3.05, 3.63) is 41.5 Å². The molecule has 192 valence electrons. The van der Waals surface area contributed by atoms with Crippen molar-refractivity contribution in [3.63, 3.8) is 0 Å². The van der Waals surface area contributed by atoms with Gasteiger partial charge in [-0.05, 0) is 53.6 Å². The summed E-state index contributed by atoms with van der Waals surface area (Å²) >= 11 is 0. The summed E-state index contributed by atoms with van der Waals surface area (Å²) in [7, 11) is -4.48. The van der Waals surface area contributed by atoms with Gasteiger partial charge in [-0.25, -0.2) is 8.42 Å². The molecule has 2 aromatic carbocycles. The Bertz CT molecular complexity index is 940. The Balaban J connectivity index is 0.00000612. The molecule has 0 spiro atoms. The van der Waals surface area contributed by atoms with E-state index in [4.69, 9.17) is 0 Å². The van der Waals surface area contributed by atoms with E-state index in [0.717, 1.165) is 24.6 Å². The normalized spacial score (nSPS) is 11.6. The Kier molecular flexibility index (Phi) is 17.5. The van der Waals surface area contributed by atoms with Crippen molar-refractivity contribution in [3.8, 4) is 0 Å². The molecule has 0 unspecified atom stereocenters. The number of hydrogen-bond donors (Lipinski definition) is 0. The van der Waals surface area contributed by atoms with Crippen LogP contribution in [0.15, 0.2) is 35.2 Å². The molecule has 0 atom stereocenters. The fourth-order valence-electron chi connectivity index (χ4n) is 5.07. The zero-order valence-corrected chi connectivity index (χ0v) is 25.6. The molecule has 0 heterocycles. The van der Waals surface area contributed by atoms with Crippen molar-refractivity contribution in [2.45, 2.75) is 134 Å². The predicted octanol–water partition coefficient (Wildman–Crippen LogP) is 6.11. The van der Waals surface area contributed by atoms with Crippen LogP contribution in [0.5, 0.6) is 0 Å². The molecule has 0 saturated carbocycles. The minimum absolute atomic E-state index is 0. The van der Waals surface area contributed by atoms with Crippen LogP contribution >= 0.6 is 0 Å². The van der Waals surface area contributed by atoms with Crippen molar-refractivity contribution in [1.82, 2.24) is 0 Å². The number of hydrogen-bond acceptors (Lipinski definition) is 3. The Hall–Kier alpha value is -0.390. The molecular formula is C30H47NaO3S. The Morgan fingerprint density at radius 2 is 1.09 bits per heavy atom. The second-order valence-corrected chi connectivity index (χ2v) is 11.3. The smallest absolute Gasteiger partial charge is 0.744 e. The minimum atomic E-state index is -4.48. The second kappa shape index (κ2) is 18.8. The van der Waals surface area contributed by atoms with E-state index in [1.807, 2.05) is 12.1 Å². The van der Waals surface area contributed by atoms with Gasteiger partial charge in [-0.15, -0.1) is 0 Å². The van der Waals surface area contributed by atoms with Gasteiger partial charge in [-0.1, -0.05) is 128 Å². The first-order valence-electron chi connectivity index (χ1n) is 14.0. The predicted molar refractivity (Wildman–Crippen MR) is 145 cm³/mol. The standard InChI is InChI=1S/C30H48O3S.Na/c1-3-5-7-9-11-13-15-17-20-26-24-25-29-28(22-19-23-30(29)34(31,32)33)27(26)21-18-16-14-12-10-8-6-4-2;/h19,22-25H,3-18,20-21H2,1-2H3,(H,31,32,33);/q;+1/p-1. The first kappa shape index (κ1) is 32.6. The van der Waals surface area contributed by atoms with Gasteiger partial charge in [0, 0.05) is 0 Å². The third-order valence-electron chi connectivity index (χ3n) is 7.08. The van der Waals surface area contributed by atoms with Gasteiger partial charge in [-0.3, -0.25) is 0 Å². The maximum absolute atomic E-state index is 11.8. The summed E-state index contributed by atoms with van der Waals surface area (Å²) in [4.78, 5) is -0.0826. The van der Waals surface area contributed by atoms with Crippen LogP contribution in [0, 0.1) is 0 Å². The molecule has 0 N–H and O–H groups in total. The maximum Gasteiger partial charge on any atom is 1.00 e. The molecule has 0 fully saturated rings. The molecule has 0 amide bonds. The summed E-state index contributed by atoms with van der Waals surface area (Å²) in [5, 5.41) is 1.55. The maximum atomic E-state index is 11.8. The van der Waals surface area contributed by atoms with Gasteiger partial charge in [-0.2, -0.15) is 0 Å². The summed E-state index contributed by atoms with van der Waals surface area (Å²) in [5.41, 5.74) is 2.60. The monoisotopic (exact) mass is 510 g/mol. The molecule has 2 aromatic rings. The van der Waals surface area contributed by atoms with Crippen LogP contribution in [0.2, 0.25) is 0 Å². The summed E-state index contributed by atoms with van der Waals surface area (Å²) in [6.45, 7) is 4.50. The Labute approximate surface area is 237 Å². The van der Waals surface area contributed by atoms with Crippen LogP contribution in [0.3, 0.4) is 0 Å². The molecule has 2 rings (SSSR count). The first-order valence-corrected chi connectivity index (χ1v) is 15.4. The molecule has 3 nitrogen and oxygen atoms in total. The van der Waals surface area contributed by atoms with Crippen LogP contribution in [-0.4, -0.2) is 13.0 Å².